The lowest BCUT2D eigenvalue weighted by atomic mass is 9.92. The van der Waals surface area contributed by atoms with Gasteiger partial charge in [0.15, 0.2) is 0 Å². The molecule has 0 spiro atoms. The smallest absolute Gasteiger partial charge is 0.227 e. The van der Waals surface area contributed by atoms with E-state index in [0.29, 0.717) is 13.0 Å². The molecule has 0 atom stereocenters. The molecule has 0 radical (unpaired) electrons. The summed E-state index contributed by atoms with van der Waals surface area (Å²) in [4.78, 5) is 11.9. The first-order chi connectivity index (χ1) is 11.3. The summed E-state index contributed by atoms with van der Waals surface area (Å²) in [5.74, 6) is -0.469. The van der Waals surface area contributed by atoms with Crippen LogP contribution in [-0.2, 0) is 16.8 Å². The van der Waals surface area contributed by atoms with Gasteiger partial charge in [-0.25, -0.2) is 4.39 Å². The lowest BCUT2D eigenvalue weighted by Crippen LogP contribution is -2.18. The fourth-order valence-corrected chi connectivity index (χ4v) is 3.05. The predicted molar refractivity (Wildman–Crippen MR) is 93.7 cm³/mol. The van der Waals surface area contributed by atoms with Crippen molar-refractivity contribution in [2.24, 2.45) is 5.92 Å². The third-order valence-electron chi connectivity index (χ3n) is 4.50. The van der Waals surface area contributed by atoms with E-state index in [1.54, 1.807) is 6.07 Å². The number of anilines is 1. The minimum absolute atomic E-state index is 0.0411. The Bertz CT molecular complexity index is 770. The van der Waals surface area contributed by atoms with Gasteiger partial charge in [-0.05, 0) is 31.4 Å². The van der Waals surface area contributed by atoms with Gasteiger partial charge in [-0.3, -0.25) is 4.79 Å². The Morgan fingerprint density at radius 1 is 1.33 bits per heavy atom. The Labute approximate surface area is 141 Å². The third kappa shape index (κ3) is 3.31. The van der Waals surface area contributed by atoms with E-state index in [0.717, 1.165) is 29.4 Å². The molecule has 1 aliphatic rings. The van der Waals surface area contributed by atoms with E-state index >= 15 is 0 Å². The maximum Gasteiger partial charge on any atom is 0.227 e. The summed E-state index contributed by atoms with van der Waals surface area (Å²) < 4.78 is 16.6. The number of halogens is 1. The van der Waals surface area contributed by atoms with Crippen LogP contribution in [0.4, 0.5) is 10.1 Å². The van der Waals surface area contributed by atoms with Crippen LogP contribution in [0.3, 0.4) is 0 Å². The van der Waals surface area contributed by atoms with E-state index in [9.17, 15) is 9.18 Å². The minimum atomic E-state index is -0.416. The van der Waals surface area contributed by atoms with Gasteiger partial charge in [0, 0.05) is 41.6 Å². The Hall–Kier alpha value is -1.88. The van der Waals surface area contributed by atoms with Crippen LogP contribution >= 0.6 is 0 Å². The molecule has 1 amide bonds. The number of rotatable bonds is 5. The zero-order chi connectivity index (χ0) is 17.5. The highest BCUT2D eigenvalue weighted by molar-refractivity contribution is 5.96. The highest BCUT2D eigenvalue weighted by atomic mass is 19.1. The van der Waals surface area contributed by atoms with Crippen molar-refractivity contribution in [3.8, 4) is 0 Å². The molecule has 2 aromatic rings. The lowest BCUT2D eigenvalue weighted by molar-refractivity contribution is -0.117. The van der Waals surface area contributed by atoms with Gasteiger partial charge in [0.1, 0.15) is 5.82 Å². The summed E-state index contributed by atoms with van der Waals surface area (Å²) in [7, 11) is 0. The number of aliphatic hydroxyl groups is 1. The molecule has 130 valence electrons. The van der Waals surface area contributed by atoms with E-state index in [1.165, 1.54) is 6.07 Å². The lowest BCUT2D eigenvalue weighted by Gasteiger charge is -2.22. The van der Waals surface area contributed by atoms with Crippen LogP contribution < -0.4 is 5.32 Å². The molecule has 0 saturated heterocycles. The number of hydrogen-bond acceptors (Lipinski definition) is 2. The van der Waals surface area contributed by atoms with Crippen molar-refractivity contribution >= 4 is 22.5 Å². The van der Waals surface area contributed by atoms with Crippen molar-refractivity contribution in [3.63, 3.8) is 0 Å². The van der Waals surface area contributed by atoms with Gasteiger partial charge < -0.3 is 15.0 Å². The molecule has 1 fully saturated rings. The second-order valence-corrected chi connectivity index (χ2v) is 7.66. The number of carbonyl (C=O) groups is 1. The summed E-state index contributed by atoms with van der Waals surface area (Å²) in [6.45, 7) is 7.08. The molecular formula is C19H25FN2O2. The monoisotopic (exact) mass is 332 g/mol. The van der Waals surface area contributed by atoms with Gasteiger partial charge in [0.2, 0.25) is 5.91 Å². The Morgan fingerprint density at radius 3 is 2.62 bits per heavy atom. The second kappa shape index (κ2) is 6.20. The number of aliphatic hydroxyl groups excluding tert-OH is 1. The molecule has 1 heterocycles. The molecule has 1 aromatic carbocycles. The first-order valence-corrected chi connectivity index (χ1v) is 8.56. The van der Waals surface area contributed by atoms with E-state index in [2.05, 4.69) is 36.7 Å². The van der Waals surface area contributed by atoms with Crippen molar-refractivity contribution in [1.82, 2.24) is 4.57 Å². The number of fused-ring (bicyclic) bond motifs is 1. The van der Waals surface area contributed by atoms with Crippen molar-refractivity contribution < 1.29 is 14.3 Å². The number of amides is 1. The van der Waals surface area contributed by atoms with Gasteiger partial charge >= 0.3 is 0 Å². The Kier molecular flexibility index (Phi) is 4.38. The van der Waals surface area contributed by atoms with Crippen LogP contribution in [0.5, 0.6) is 0 Å². The molecule has 2 N–H and O–H groups in total. The molecule has 24 heavy (non-hydrogen) atoms. The van der Waals surface area contributed by atoms with Gasteiger partial charge in [0.05, 0.1) is 11.2 Å². The Balaban J connectivity index is 2.04. The molecule has 1 aliphatic carbocycles. The predicted octanol–water partition coefficient (Wildman–Crippen LogP) is 3.81. The van der Waals surface area contributed by atoms with E-state index in [-0.39, 0.29) is 29.5 Å². The highest BCUT2D eigenvalue weighted by Gasteiger charge is 2.30. The SMILES string of the molecule is CC(C)(C)c1cc2cc(NC(=O)C3CC3)c(F)cc2n1CCCO. The standard InChI is InChI=1S/C19H25FN2O2/c1-19(2,3)17-10-13-9-15(21-18(24)12-5-6-12)14(20)11-16(13)22(17)7-4-8-23/h9-12,23H,4-8H2,1-3H3,(H,21,24). The maximum atomic E-state index is 14.5. The molecule has 5 heteroatoms. The van der Waals surface area contributed by atoms with Gasteiger partial charge in [0.25, 0.3) is 0 Å². The molecule has 4 nitrogen and oxygen atoms in total. The zero-order valence-corrected chi connectivity index (χ0v) is 14.5. The Morgan fingerprint density at radius 2 is 2.04 bits per heavy atom. The van der Waals surface area contributed by atoms with Crippen molar-refractivity contribution in [1.29, 1.82) is 0 Å². The van der Waals surface area contributed by atoms with Crippen molar-refractivity contribution in [3.05, 3.63) is 29.7 Å². The summed E-state index contributed by atoms with van der Waals surface area (Å²) in [5, 5.41) is 12.8. The molecular weight excluding hydrogens is 307 g/mol. The maximum absolute atomic E-state index is 14.5. The number of hydrogen-bond donors (Lipinski definition) is 2. The molecule has 1 aromatic heterocycles. The average molecular weight is 332 g/mol. The zero-order valence-electron chi connectivity index (χ0n) is 14.5. The normalized spacial score (nSPS) is 15.0. The number of benzene rings is 1. The minimum Gasteiger partial charge on any atom is -0.396 e. The van der Waals surface area contributed by atoms with Gasteiger partial charge in [-0.15, -0.1) is 0 Å². The average Bonchev–Trinajstić information content (AvgIpc) is 3.28. The van der Waals surface area contributed by atoms with Crippen molar-refractivity contribution in [2.75, 3.05) is 11.9 Å². The first kappa shape index (κ1) is 17.0. The van der Waals surface area contributed by atoms with Gasteiger partial charge in [-0.2, -0.15) is 0 Å². The second-order valence-electron chi connectivity index (χ2n) is 7.66. The number of nitrogens with zero attached hydrogens (tertiary/aromatic N) is 1. The number of nitrogens with one attached hydrogen (secondary N) is 1. The van der Waals surface area contributed by atoms with E-state index in [4.69, 9.17) is 5.11 Å². The number of aryl methyl sites for hydroxylation is 1. The summed E-state index contributed by atoms with van der Waals surface area (Å²) in [6, 6.07) is 5.26. The fourth-order valence-electron chi connectivity index (χ4n) is 3.05. The molecule has 0 bridgehead atoms. The van der Waals surface area contributed by atoms with Crippen LogP contribution in [0, 0.1) is 11.7 Å². The van der Waals surface area contributed by atoms with Crippen LogP contribution in [0.1, 0.15) is 45.7 Å². The van der Waals surface area contributed by atoms with Crippen molar-refractivity contribution in [2.45, 2.75) is 52.0 Å². The largest absolute Gasteiger partial charge is 0.396 e. The van der Waals surface area contributed by atoms with E-state index in [1.807, 2.05) is 0 Å². The third-order valence-corrected chi connectivity index (χ3v) is 4.50. The molecule has 0 unspecified atom stereocenters. The molecule has 1 saturated carbocycles. The first-order valence-electron chi connectivity index (χ1n) is 8.56. The number of carbonyl (C=O) groups excluding carboxylic acids is 1. The summed E-state index contributed by atoms with van der Waals surface area (Å²) >= 11 is 0. The van der Waals surface area contributed by atoms with Crippen LogP contribution in [0.25, 0.3) is 10.9 Å². The summed E-state index contributed by atoms with van der Waals surface area (Å²) in [5.41, 5.74) is 2.05. The quantitative estimate of drug-likeness (QED) is 0.875. The van der Waals surface area contributed by atoms with Crippen LogP contribution in [0.2, 0.25) is 0 Å². The highest BCUT2D eigenvalue weighted by Crippen LogP contribution is 2.34. The van der Waals surface area contributed by atoms with E-state index < -0.39 is 5.82 Å². The van der Waals surface area contributed by atoms with Gasteiger partial charge in [-0.1, -0.05) is 20.8 Å². The molecule has 3 rings (SSSR count). The van der Waals surface area contributed by atoms with Crippen LogP contribution in [0.15, 0.2) is 18.2 Å². The van der Waals surface area contributed by atoms with Crippen LogP contribution in [-0.4, -0.2) is 22.2 Å². The molecule has 0 aliphatic heterocycles. The topological polar surface area (TPSA) is 54.3 Å². The summed E-state index contributed by atoms with van der Waals surface area (Å²) in [6.07, 6.45) is 2.40. The fraction of sp³-hybridized carbons (Fsp3) is 0.526. The number of aromatic nitrogens is 1.